The fourth-order valence-electron chi connectivity index (χ4n) is 1.77. The Balaban J connectivity index is 2.23. The predicted octanol–water partition coefficient (Wildman–Crippen LogP) is -0.189. The lowest BCUT2D eigenvalue weighted by molar-refractivity contribution is 0.0217. The Bertz CT molecular complexity index is 281. The number of hydrogen-bond acceptors (Lipinski definition) is 3. The standard InChI is InChI=1S/C7H13NO3S/c1-12(9,10)8-4-5-11-6-7(8)2-3-7/h2-6H2,1H3. The molecule has 1 aliphatic carbocycles. The molecule has 0 N–H and O–H groups in total. The quantitative estimate of drug-likeness (QED) is 0.577. The van der Waals surface area contributed by atoms with Crippen LogP contribution in [-0.2, 0) is 14.8 Å². The van der Waals surface area contributed by atoms with E-state index in [1.165, 1.54) is 6.26 Å². The van der Waals surface area contributed by atoms with Gasteiger partial charge in [0.1, 0.15) is 0 Å². The maximum atomic E-state index is 11.3. The predicted molar refractivity (Wildman–Crippen MR) is 44.3 cm³/mol. The molecule has 0 radical (unpaired) electrons. The van der Waals surface area contributed by atoms with E-state index >= 15 is 0 Å². The van der Waals surface area contributed by atoms with Gasteiger partial charge in [-0.15, -0.1) is 0 Å². The molecule has 0 aromatic rings. The van der Waals surface area contributed by atoms with Crippen LogP contribution >= 0.6 is 0 Å². The molecule has 1 saturated heterocycles. The average Bonchev–Trinajstić information content (AvgIpc) is 2.68. The molecule has 1 saturated carbocycles. The second-order valence-corrected chi connectivity index (χ2v) is 5.52. The Morgan fingerprint density at radius 3 is 2.50 bits per heavy atom. The van der Waals surface area contributed by atoms with Crippen LogP contribution in [0.3, 0.4) is 0 Å². The number of rotatable bonds is 1. The van der Waals surface area contributed by atoms with Gasteiger partial charge in [-0.25, -0.2) is 8.42 Å². The number of sulfonamides is 1. The van der Waals surface area contributed by atoms with Crippen LogP contribution in [0.15, 0.2) is 0 Å². The van der Waals surface area contributed by atoms with Gasteiger partial charge in [0.05, 0.1) is 25.0 Å². The molecule has 4 nitrogen and oxygen atoms in total. The first-order chi connectivity index (χ1) is 5.55. The Morgan fingerprint density at radius 1 is 1.42 bits per heavy atom. The number of hydrogen-bond donors (Lipinski definition) is 0. The van der Waals surface area contributed by atoms with Crippen molar-refractivity contribution in [1.29, 1.82) is 0 Å². The zero-order valence-electron chi connectivity index (χ0n) is 7.12. The molecule has 0 aromatic heterocycles. The number of ether oxygens (including phenoxy) is 1. The molecule has 12 heavy (non-hydrogen) atoms. The summed E-state index contributed by atoms with van der Waals surface area (Å²) >= 11 is 0. The van der Waals surface area contributed by atoms with E-state index in [1.54, 1.807) is 4.31 Å². The Hall–Kier alpha value is -0.130. The van der Waals surface area contributed by atoms with Crippen LogP contribution < -0.4 is 0 Å². The van der Waals surface area contributed by atoms with Gasteiger partial charge in [0.2, 0.25) is 10.0 Å². The highest BCUT2D eigenvalue weighted by atomic mass is 32.2. The van der Waals surface area contributed by atoms with Crippen LogP contribution in [0.5, 0.6) is 0 Å². The third-order valence-corrected chi connectivity index (χ3v) is 3.94. The minimum absolute atomic E-state index is 0.147. The SMILES string of the molecule is CS(=O)(=O)N1CCOCC12CC2. The molecule has 5 heteroatoms. The highest BCUT2D eigenvalue weighted by Gasteiger charge is 2.53. The molecule has 1 spiro atoms. The number of nitrogens with zero attached hydrogens (tertiary/aromatic N) is 1. The van der Waals surface area contributed by atoms with Crippen molar-refractivity contribution in [2.24, 2.45) is 0 Å². The van der Waals surface area contributed by atoms with E-state index in [9.17, 15) is 8.42 Å². The van der Waals surface area contributed by atoms with E-state index in [1.807, 2.05) is 0 Å². The molecular formula is C7H13NO3S. The highest BCUT2D eigenvalue weighted by Crippen LogP contribution is 2.44. The Kier molecular flexibility index (Phi) is 1.72. The minimum atomic E-state index is -3.02. The van der Waals surface area contributed by atoms with Crippen molar-refractivity contribution in [3.8, 4) is 0 Å². The summed E-state index contributed by atoms with van der Waals surface area (Å²) in [6, 6.07) is 0. The first-order valence-electron chi connectivity index (χ1n) is 4.10. The van der Waals surface area contributed by atoms with Crippen molar-refractivity contribution >= 4 is 10.0 Å². The summed E-state index contributed by atoms with van der Waals surface area (Å²) in [6.07, 6.45) is 3.19. The molecular weight excluding hydrogens is 178 g/mol. The van der Waals surface area contributed by atoms with Crippen LogP contribution in [0.2, 0.25) is 0 Å². The first-order valence-corrected chi connectivity index (χ1v) is 5.95. The molecule has 0 unspecified atom stereocenters. The van der Waals surface area contributed by atoms with Crippen LogP contribution in [0.4, 0.5) is 0 Å². The first kappa shape index (κ1) is 8.47. The van der Waals surface area contributed by atoms with Gasteiger partial charge in [-0.2, -0.15) is 4.31 Å². The molecule has 1 heterocycles. The number of morpholine rings is 1. The van der Waals surface area contributed by atoms with Gasteiger partial charge in [-0.3, -0.25) is 0 Å². The summed E-state index contributed by atoms with van der Waals surface area (Å²) in [6.45, 7) is 1.65. The van der Waals surface area contributed by atoms with Crippen LogP contribution in [-0.4, -0.2) is 44.3 Å². The van der Waals surface area contributed by atoms with Crippen molar-refractivity contribution in [3.63, 3.8) is 0 Å². The van der Waals surface area contributed by atoms with Gasteiger partial charge >= 0.3 is 0 Å². The maximum absolute atomic E-state index is 11.3. The van der Waals surface area contributed by atoms with Gasteiger partial charge in [0.15, 0.2) is 0 Å². The second-order valence-electron chi connectivity index (χ2n) is 3.61. The average molecular weight is 191 g/mol. The molecule has 0 bridgehead atoms. The lowest BCUT2D eigenvalue weighted by atomic mass is 10.2. The lowest BCUT2D eigenvalue weighted by Gasteiger charge is -2.33. The maximum Gasteiger partial charge on any atom is 0.211 e. The van der Waals surface area contributed by atoms with E-state index < -0.39 is 10.0 Å². The van der Waals surface area contributed by atoms with E-state index in [2.05, 4.69) is 0 Å². The summed E-state index contributed by atoms with van der Waals surface area (Å²) in [5, 5.41) is 0. The van der Waals surface area contributed by atoms with Gasteiger partial charge in [0.25, 0.3) is 0 Å². The monoisotopic (exact) mass is 191 g/mol. The molecule has 2 fully saturated rings. The zero-order chi connectivity index (χ0) is 8.82. The van der Waals surface area contributed by atoms with Gasteiger partial charge in [0, 0.05) is 6.54 Å². The Morgan fingerprint density at radius 2 is 2.08 bits per heavy atom. The fourth-order valence-corrected chi connectivity index (χ4v) is 3.12. The summed E-state index contributed by atoms with van der Waals surface area (Å²) < 4.78 is 29.5. The van der Waals surface area contributed by atoms with E-state index in [0.29, 0.717) is 19.8 Å². The van der Waals surface area contributed by atoms with Crippen LogP contribution in [0.1, 0.15) is 12.8 Å². The molecule has 70 valence electrons. The van der Waals surface area contributed by atoms with Crippen molar-refractivity contribution in [1.82, 2.24) is 4.31 Å². The smallest absolute Gasteiger partial charge is 0.211 e. The third-order valence-electron chi connectivity index (χ3n) is 2.57. The van der Waals surface area contributed by atoms with Crippen LogP contribution in [0, 0.1) is 0 Å². The zero-order valence-corrected chi connectivity index (χ0v) is 7.93. The molecule has 0 aromatic carbocycles. The van der Waals surface area contributed by atoms with Crippen LogP contribution in [0.25, 0.3) is 0 Å². The highest BCUT2D eigenvalue weighted by molar-refractivity contribution is 7.88. The van der Waals surface area contributed by atoms with Crippen molar-refractivity contribution < 1.29 is 13.2 Å². The molecule has 1 aliphatic heterocycles. The normalized spacial score (nSPS) is 29.1. The summed E-state index contributed by atoms with van der Waals surface area (Å²) in [5.74, 6) is 0. The minimum Gasteiger partial charge on any atom is -0.378 e. The second kappa shape index (κ2) is 2.43. The van der Waals surface area contributed by atoms with E-state index in [4.69, 9.17) is 4.74 Å². The molecule has 0 atom stereocenters. The molecule has 2 rings (SSSR count). The van der Waals surface area contributed by atoms with Gasteiger partial charge in [-0.05, 0) is 12.8 Å². The lowest BCUT2D eigenvalue weighted by Crippen LogP contribution is -2.50. The van der Waals surface area contributed by atoms with E-state index in [0.717, 1.165) is 12.8 Å². The van der Waals surface area contributed by atoms with E-state index in [-0.39, 0.29) is 5.54 Å². The Labute approximate surface area is 72.6 Å². The third kappa shape index (κ3) is 1.26. The summed E-state index contributed by atoms with van der Waals surface area (Å²) in [4.78, 5) is 0. The summed E-state index contributed by atoms with van der Waals surface area (Å²) in [7, 11) is -3.02. The van der Waals surface area contributed by atoms with Gasteiger partial charge in [-0.1, -0.05) is 0 Å². The molecule has 0 amide bonds. The van der Waals surface area contributed by atoms with Crippen molar-refractivity contribution in [3.05, 3.63) is 0 Å². The van der Waals surface area contributed by atoms with Crippen molar-refractivity contribution in [2.45, 2.75) is 18.4 Å². The largest absolute Gasteiger partial charge is 0.378 e. The molecule has 2 aliphatic rings. The topological polar surface area (TPSA) is 46.6 Å². The van der Waals surface area contributed by atoms with Crippen molar-refractivity contribution in [2.75, 3.05) is 26.0 Å². The fraction of sp³-hybridized carbons (Fsp3) is 1.00. The summed E-state index contributed by atoms with van der Waals surface area (Å²) in [5.41, 5.74) is -0.147. The van der Waals surface area contributed by atoms with Gasteiger partial charge < -0.3 is 4.74 Å².